The fourth-order valence-corrected chi connectivity index (χ4v) is 5.22. The van der Waals surface area contributed by atoms with Gasteiger partial charge in [0.25, 0.3) is 5.91 Å². The first-order chi connectivity index (χ1) is 14.2. The number of rotatable bonds is 4. The van der Waals surface area contributed by atoms with Crippen LogP contribution < -0.4 is 10.2 Å². The molecule has 1 fully saturated rings. The molecule has 0 saturated heterocycles. The second kappa shape index (κ2) is 7.64. The number of thiazole rings is 1. The minimum atomic E-state index is 0.0805. The van der Waals surface area contributed by atoms with Crippen molar-refractivity contribution >= 4 is 28.1 Å². The molecule has 2 heterocycles. The normalized spacial score (nSPS) is 16.2. The quantitative estimate of drug-likeness (QED) is 0.610. The number of carbonyl (C=O) groups is 1. The maximum atomic E-state index is 13.0. The molecule has 2 aliphatic rings. The zero-order chi connectivity index (χ0) is 19.8. The highest BCUT2D eigenvalue weighted by Gasteiger charge is 2.26. The van der Waals surface area contributed by atoms with Crippen LogP contribution in [0, 0.1) is 6.92 Å². The topological polar surface area (TPSA) is 45.2 Å². The Bertz CT molecular complexity index is 1050. The molecule has 1 aromatic heterocycles. The average molecular weight is 404 g/mol. The lowest BCUT2D eigenvalue weighted by molar-refractivity contribution is 0.0989. The third-order valence-electron chi connectivity index (χ3n) is 5.97. The van der Waals surface area contributed by atoms with Gasteiger partial charge < -0.3 is 10.2 Å². The highest BCUT2D eigenvalue weighted by atomic mass is 32.1. The molecule has 2 aromatic carbocycles. The molecule has 5 rings (SSSR count). The molecule has 1 aliphatic carbocycles. The van der Waals surface area contributed by atoms with Crippen LogP contribution in [0.1, 0.15) is 47.2 Å². The number of hydrogen-bond acceptors (Lipinski definition) is 4. The second-order valence-corrected chi connectivity index (χ2v) is 8.94. The summed E-state index contributed by atoms with van der Waals surface area (Å²) in [5.74, 6) is 0.0805. The Morgan fingerprint density at radius 2 is 2.03 bits per heavy atom. The molecule has 0 unspecified atom stereocenters. The van der Waals surface area contributed by atoms with E-state index in [2.05, 4.69) is 28.9 Å². The predicted molar refractivity (Wildman–Crippen MR) is 120 cm³/mol. The van der Waals surface area contributed by atoms with Gasteiger partial charge >= 0.3 is 0 Å². The summed E-state index contributed by atoms with van der Waals surface area (Å²) in [4.78, 5) is 19.7. The van der Waals surface area contributed by atoms with Crippen LogP contribution in [0.25, 0.3) is 11.3 Å². The molecule has 4 nitrogen and oxygen atoms in total. The molecule has 148 valence electrons. The average Bonchev–Trinajstić information content (AvgIpc) is 3.48. The zero-order valence-corrected chi connectivity index (χ0v) is 17.5. The molecule has 1 aliphatic heterocycles. The van der Waals surface area contributed by atoms with Gasteiger partial charge in [0.15, 0.2) is 5.13 Å². The summed E-state index contributed by atoms with van der Waals surface area (Å²) in [6.45, 7) is 2.75. The summed E-state index contributed by atoms with van der Waals surface area (Å²) in [5.41, 5.74) is 6.26. The van der Waals surface area contributed by atoms with Gasteiger partial charge in [0.2, 0.25) is 0 Å². The number of carbonyl (C=O) groups excluding carboxylic acids is 1. The van der Waals surface area contributed by atoms with Gasteiger partial charge in [-0.2, -0.15) is 0 Å². The van der Waals surface area contributed by atoms with Crippen LogP contribution in [-0.2, 0) is 6.42 Å². The van der Waals surface area contributed by atoms with E-state index in [1.165, 1.54) is 31.2 Å². The molecular weight excluding hydrogens is 378 g/mol. The van der Waals surface area contributed by atoms with Crippen molar-refractivity contribution in [2.75, 3.05) is 16.8 Å². The summed E-state index contributed by atoms with van der Waals surface area (Å²) >= 11 is 1.68. The van der Waals surface area contributed by atoms with E-state index in [1.54, 1.807) is 11.3 Å². The SMILES string of the molecule is Cc1cccc(C(=O)N2CCc3cc(-c4csc(NC5CCCC5)n4)ccc32)c1. The number of benzene rings is 2. The molecule has 0 bridgehead atoms. The van der Waals surface area contributed by atoms with Crippen LogP contribution in [0.5, 0.6) is 0 Å². The van der Waals surface area contributed by atoms with Gasteiger partial charge in [-0.3, -0.25) is 4.79 Å². The van der Waals surface area contributed by atoms with Crippen molar-refractivity contribution in [3.63, 3.8) is 0 Å². The van der Waals surface area contributed by atoms with Crippen LogP contribution >= 0.6 is 11.3 Å². The first kappa shape index (κ1) is 18.4. The fourth-order valence-electron chi connectivity index (χ4n) is 4.42. The van der Waals surface area contributed by atoms with Crippen LogP contribution in [0.2, 0.25) is 0 Å². The molecule has 3 aromatic rings. The summed E-state index contributed by atoms with van der Waals surface area (Å²) in [7, 11) is 0. The van der Waals surface area contributed by atoms with Crippen molar-refractivity contribution in [1.82, 2.24) is 4.98 Å². The number of amides is 1. The van der Waals surface area contributed by atoms with Gasteiger partial charge in [-0.25, -0.2) is 4.98 Å². The largest absolute Gasteiger partial charge is 0.359 e. The van der Waals surface area contributed by atoms with Crippen molar-refractivity contribution in [2.45, 2.75) is 45.1 Å². The van der Waals surface area contributed by atoms with Crippen LogP contribution in [0.4, 0.5) is 10.8 Å². The van der Waals surface area contributed by atoms with Gasteiger partial charge in [0.1, 0.15) is 0 Å². The predicted octanol–water partition coefficient (Wildman–Crippen LogP) is 5.68. The molecule has 1 N–H and O–H groups in total. The minimum Gasteiger partial charge on any atom is -0.359 e. The lowest BCUT2D eigenvalue weighted by Crippen LogP contribution is -2.28. The van der Waals surface area contributed by atoms with Gasteiger partial charge in [0.05, 0.1) is 5.69 Å². The van der Waals surface area contributed by atoms with E-state index in [1.807, 2.05) is 36.1 Å². The van der Waals surface area contributed by atoms with E-state index < -0.39 is 0 Å². The van der Waals surface area contributed by atoms with Crippen molar-refractivity contribution in [1.29, 1.82) is 0 Å². The van der Waals surface area contributed by atoms with Crippen LogP contribution in [0.3, 0.4) is 0 Å². The zero-order valence-electron chi connectivity index (χ0n) is 16.6. The lowest BCUT2D eigenvalue weighted by Gasteiger charge is -2.18. The summed E-state index contributed by atoms with van der Waals surface area (Å²) in [6, 6.07) is 14.8. The minimum absolute atomic E-state index is 0.0805. The van der Waals surface area contributed by atoms with Crippen LogP contribution in [0.15, 0.2) is 47.8 Å². The maximum absolute atomic E-state index is 13.0. The number of aryl methyl sites for hydroxylation is 1. The molecule has 5 heteroatoms. The van der Waals surface area contributed by atoms with E-state index in [4.69, 9.17) is 4.98 Å². The Morgan fingerprint density at radius 3 is 2.86 bits per heavy atom. The molecule has 0 spiro atoms. The smallest absolute Gasteiger partial charge is 0.258 e. The van der Waals surface area contributed by atoms with Crippen LogP contribution in [-0.4, -0.2) is 23.5 Å². The number of fused-ring (bicyclic) bond motifs is 1. The maximum Gasteiger partial charge on any atom is 0.258 e. The summed E-state index contributed by atoms with van der Waals surface area (Å²) in [6.07, 6.45) is 6.02. The Hall–Kier alpha value is -2.66. The van der Waals surface area contributed by atoms with Gasteiger partial charge in [-0.15, -0.1) is 11.3 Å². The van der Waals surface area contributed by atoms with Gasteiger partial charge in [0, 0.05) is 34.8 Å². The van der Waals surface area contributed by atoms with Crippen molar-refractivity contribution in [2.24, 2.45) is 0 Å². The number of hydrogen-bond donors (Lipinski definition) is 1. The molecule has 29 heavy (non-hydrogen) atoms. The van der Waals surface area contributed by atoms with Gasteiger partial charge in [-0.05, 0) is 56.0 Å². The third kappa shape index (κ3) is 3.67. The standard InChI is InChI=1S/C24H25N3OS/c1-16-5-4-6-19(13-16)23(28)27-12-11-18-14-17(9-10-22(18)27)21-15-29-24(26-21)25-20-7-2-3-8-20/h4-6,9-10,13-15,20H,2-3,7-8,11-12H2,1H3,(H,25,26). The van der Waals surface area contributed by atoms with E-state index in [0.29, 0.717) is 6.04 Å². The van der Waals surface area contributed by atoms with E-state index >= 15 is 0 Å². The Balaban J connectivity index is 1.35. The highest BCUT2D eigenvalue weighted by molar-refractivity contribution is 7.14. The third-order valence-corrected chi connectivity index (χ3v) is 6.74. The summed E-state index contributed by atoms with van der Waals surface area (Å²) < 4.78 is 0. The molecule has 1 saturated carbocycles. The highest BCUT2D eigenvalue weighted by Crippen LogP contribution is 2.35. The Kier molecular flexibility index (Phi) is 4.84. The molecular formula is C24H25N3OS. The lowest BCUT2D eigenvalue weighted by atomic mass is 10.1. The first-order valence-corrected chi connectivity index (χ1v) is 11.3. The molecule has 0 atom stereocenters. The van der Waals surface area contributed by atoms with Crippen molar-refractivity contribution in [3.8, 4) is 11.3 Å². The molecule has 0 radical (unpaired) electrons. The van der Waals surface area contributed by atoms with E-state index in [9.17, 15) is 4.79 Å². The monoisotopic (exact) mass is 403 g/mol. The summed E-state index contributed by atoms with van der Waals surface area (Å²) in [5, 5.41) is 6.73. The Labute approximate surface area is 175 Å². The number of nitrogens with one attached hydrogen (secondary N) is 1. The first-order valence-electron chi connectivity index (χ1n) is 10.4. The van der Waals surface area contributed by atoms with Gasteiger partial charge in [-0.1, -0.05) is 36.6 Å². The number of nitrogens with zero attached hydrogens (tertiary/aromatic N) is 2. The van der Waals surface area contributed by atoms with E-state index in [-0.39, 0.29) is 5.91 Å². The second-order valence-electron chi connectivity index (χ2n) is 8.08. The fraction of sp³-hybridized carbons (Fsp3) is 0.333. The van der Waals surface area contributed by atoms with E-state index in [0.717, 1.165) is 46.2 Å². The molecule has 1 amide bonds. The number of aromatic nitrogens is 1. The van der Waals surface area contributed by atoms with Crippen molar-refractivity contribution < 1.29 is 4.79 Å². The number of anilines is 2. The van der Waals surface area contributed by atoms with Crippen molar-refractivity contribution in [3.05, 3.63) is 64.5 Å². The Morgan fingerprint density at radius 1 is 1.17 bits per heavy atom.